The number of hydrogen-bond acceptors (Lipinski definition) is 2. The molecule has 3 nitrogen and oxygen atoms in total. The highest BCUT2D eigenvalue weighted by molar-refractivity contribution is 5.40. The Morgan fingerprint density at radius 2 is 1.50 bits per heavy atom. The number of aromatic nitrogens is 2. The molecule has 0 radical (unpaired) electrons. The summed E-state index contributed by atoms with van der Waals surface area (Å²) in [5.41, 5.74) is 4.64. The average Bonchev–Trinajstić information content (AvgIpc) is 3.16. The first-order chi connectivity index (χ1) is 10.2. The maximum absolute atomic E-state index is 5.58. The van der Waals surface area contributed by atoms with Gasteiger partial charge in [-0.15, -0.1) is 0 Å². The highest BCUT2D eigenvalue weighted by Crippen LogP contribution is 2.45. The standard InChI is InChI=1S/C19H32N2O/c1-18(2,3)15-16(13-9-11-22-12-10-13)20-21(14-7-8-14)17(15)19(4,5)6/h13-14H,7-12H2,1-6H3. The molecule has 0 amide bonds. The lowest BCUT2D eigenvalue weighted by atomic mass is 9.75. The third kappa shape index (κ3) is 2.97. The lowest BCUT2D eigenvalue weighted by Gasteiger charge is -2.30. The third-order valence-corrected chi connectivity index (χ3v) is 4.90. The fourth-order valence-corrected chi connectivity index (χ4v) is 3.75. The second-order valence-corrected chi connectivity index (χ2v) is 9.17. The zero-order chi connectivity index (χ0) is 16.1. The minimum Gasteiger partial charge on any atom is -0.381 e. The Kier molecular flexibility index (Phi) is 3.91. The van der Waals surface area contributed by atoms with Crippen LogP contribution in [0.4, 0.5) is 0 Å². The minimum absolute atomic E-state index is 0.140. The molecule has 1 aromatic heterocycles. The van der Waals surface area contributed by atoms with Crippen LogP contribution in [0, 0.1) is 0 Å². The predicted octanol–water partition coefficient (Wildman–Crippen LogP) is 4.71. The second-order valence-electron chi connectivity index (χ2n) is 9.17. The van der Waals surface area contributed by atoms with Gasteiger partial charge in [0.2, 0.25) is 0 Å². The van der Waals surface area contributed by atoms with Crippen LogP contribution in [0.15, 0.2) is 0 Å². The van der Waals surface area contributed by atoms with Crippen LogP contribution in [-0.2, 0) is 15.6 Å². The molecule has 3 rings (SSSR count). The molecule has 1 aliphatic carbocycles. The minimum atomic E-state index is 0.140. The summed E-state index contributed by atoms with van der Waals surface area (Å²) in [5.74, 6) is 0.573. The van der Waals surface area contributed by atoms with Crippen LogP contribution in [0.2, 0.25) is 0 Å². The van der Waals surface area contributed by atoms with Crippen molar-refractivity contribution in [2.75, 3.05) is 13.2 Å². The Balaban J connectivity index is 2.16. The van der Waals surface area contributed by atoms with Gasteiger partial charge in [0.25, 0.3) is 0 Å². The van der Waals surface area contributed by atoms with Gasteiger partial charge in [-0.1, -0.05) is 41.5 Å². The average molecular weight is 304 g/mol. The van der Waals surface area contributed by atoms with Crippen LogP contribution < -0.4 is 0 Å². The molecule has 3 heteroatoms. The molecule has 2 heterocycles. The van der Waals surface area contributed by atoms with Gasteiger partial charge in [-0.2, -0.15) is 5.10 Å². The predicted molar refractivity (Wildman–Crippen MR) is 90.7 cm³/mol. The lowest BCUT2D eigenvalue weighted by Crippen LogP contribution is -2.25. The SMILES string of the molecule is CC(C)(C)c1c(C2CCOCC2)nn(C2CC2)c1C(C)(C)C. The Labute approximate surface area is 135 Å². The van der Waals surface area contributed by atoms with Crippen LogP contribution in [0.25, 0.3) is 0 Å². The zero-order valence-corrected chi connectivity index (χ0v) is 15.2. The molecule has 1 aromatic rings. The maximum Gasteiger partial charge on any atom is 0.0697 e. The van der Waals surface area contributed by atoms with E-state index in [2.05, 4.69) is 46.2 Å². The van der Waals surface area contributed by atoms with Crippen molar-refractivity contribution < 1.29 is 4.74 Å². The van der Waals surface area contributed by atoms with Crippen molar-refractivity contribution in [3.8, 4) is 0 Å². The van der Waals surface area contributed by atoms with Gasteiger partial charge in [0.05, 0.1) is 11.7 Å². The van der Waals surface area contributed by atoms with E-state index >= 15 is 0 Å². The molecular formula is C19H32N2O. The molecule has 0 aromatic carbocycles. The summed E-state index contributed by atoms with van der Waals surface area (Å²) in [4.78, 5) is 0. The van der Waals surface area contributed by atoms with Crippen molar-refractivity contribution in [3.63, 3.8) is 0 Å². The van der Waals surface area contributed by atoms with Gasteiger partial charge in [0.1, 0.15) is 0 Å². The topological polar surface area (TPSA) is 27.1 Å². The summed E-state index contributed by atoms with van der Waals surface area (Å²) in [6.07, 6.45) is 4.83. The highest BCUT2D eigenvalue weighted by atomic mass is 16.5. The first kappa shape index (κ1) is 16.0. The molecule has 1 saturated heterocycles. The van der Waals surface area contributed by atoms with Crippen molar-refractivity contribution in [1.29, 1.82) is 0 Å². The largest absolute Gasteiger partial charge is 0.381 e. The molecule has 0 spiro atoms. The van der Waals surface area contributed by atoms with Gasteiger partial charge < -0.3 is 4.74 Å². The molecule has 2 fully saturated rings. The van der Waals surface area contributed by atoms with Gasteiger partial charge in [-0.25, -0.2) is 0 Å². The molecule has 2 aliphatic rings. The molecule has 0 unspecified atom stereocenters. The summed E-state index contributed by atoms with van der Waals surface area (Å²) in [5, 5.41) is 5.19. The summed E-state index contributed by atoms with van der Waals surface area (Å²) in [6.45, 7) is 15.8. The van der Waals surface area contributed by atoms with Gasteiger partial charge in [-0.05, 0) is 31.1 Å². The van der Waals surface area contributed by atoms with Crippen LogP contribution in [0.3, 0.4) is 0 Å². The summed E-state index contributed by atoms with van der Waals surface area (Å²) in [7, 11) is 0. The van der Waals surface area contributed by atoms with E-state index in [0.717, 1.165) is 26.1 Å². The third-order valence-electron chi connectivity index (χ3n) is 4.90. The Bertz CT molecular complexity index is 535. The van der Waals surface area contributed by atoms with E-state index in [1.54, 1.807) is 0 Å². The summed E-state index contributed by atoms with van der Waals surface area (Å²) >= 11 is 0. The highest BCUT2D eigenvalue weighted by Gasteiger charge is 2.39. The van der Waals surface area contributed by atoms with Gasteiger partial charge in [-0.3, -0.25) is 4.68 Å². The van der Waals surface area contributed by atoms with Crippen LogP contribution in [0.1, 0.15) is 96.1 Å². The normalized spacial score (nSPS) is 21.4. The van der Waals surface area contributed by atoms with Crippen molar-refractivity contribution in [1.82, 2.24) is 9.78 Å². The maximum atomic E-state index is 5.58. The molecular weight excluding hydrogens is 272 g/mol. The van der Waals surface area contributed by atoms with Crippen molar-refractivity contribution in [2.24, 2.45) is 0 Å². The van der Waals surface area contributed by atoms with Crippen molar-refractivity contribution >= 4 is 0 Å². The first-order valence-corrected chi connectivity index (χ1v) is 8.90. The fourth-order valence-electron chi connectivity index (χ4n) is 3.75. The number of rotatable bonds is 2. The van der Waals surface area contributed by atoms with Crippen molar-refractivity contribution in [2.45, 2.75) is 90.0 Å². The van der Waals surface area contributed by atoms with E-state index in [1.807, 2.05) is 0 Å². The van der Waals surface area contributed by atoms with Gasteiger partial charge in [0.15, 0.2) is 0 Å². The quantitative estimate of drug-likeness (QED) is 0.791. The fraction of sp³-hybridized carbons (Fsp3) is 0.842. The summed E-state index contributed by atoms with van der Waals surface area (Å²) < 4.78 is 7.97. The molecule has 0 N–H and O–H groups in total. The Hall–Kier alpha value is -0.830. The van der Waals surface area contributed by atoms with E-state index in [-0.39, 0.29) is 10.8 Å². The summed E-state index contributed by atoms with van der Waals surface area (Å²) in [6, 6.07) is 0.643. The second kappa shape index (κ2) is 5.36. The molecule has 1 saturated carbocycles. The number of nitrogens with zero attached hydrogens (tertiary/aromatic N) is 2. The van der Waals surface area contributed by atoms with Crippen LogP contribution in [-0.4, -0.2) is 23.0 Å². The molecule has 22 heavy (non-hydrogen) atoms. The zero-order valence-electron chi connectivity index (χ0n) is 15.2. The van der Waals surface area contributed by atoms with E-state index in [4.69, 9.17) is 9.84 Å². The molecule has 0 bridgehead atoms. The lowest BCUT2D eigenvalue weighted by molar-refractivity contribution is 0.0840. The smallest absolute Gasteiger partial charge is 0.0697 e. The van der Waals surface area contributed by atoms with Crippen LogP contribution in [0.5, 0.6) is 0 Å². The van der Waals surface area contributed by atoms with Gasteiger partial charge in [0, 0.05) is 35.8 Å². The monoisotopic (exact) mass is 304 g/mol. The van der Waals surface area contributed by atoms with Crippen LogP contribution >= 0.6 is 0 Å². The number of ether oxygens (including phenoxy) is 1. The van der Waals surface area contributed by atoms with Gasteiger partial charge >= 0.3 is 0 Å². The Morgan fingerprint density at radius 3 is 1.95 bits per heavy atom. The number of hydrogen-bond donors (Lipinski definition) is 0. The van der Waals surface area contributed by atoms with E-state index in [9.17, 15) is 0 Å². The first-order valence-electron chi connectivity index (χ1n) is 8.90. The molecule has 1 aliphatic heterocycles. The molecule has 124 valence electrons. The Morgan fingerprint density at radius 1 is 0.909 bits per heavy atom. The van der Waals surface area contributed by atoms with Crippen molar-refractivity contribution in [3.05, 3.63) is 17.0 Å². The van der Waals surface area contributed by atoms with E-state index < -0.39 is 0 Å². The molecule has 0 atom stereocenters. The van der Waals surface area contributed by atoms with E-state index in [0.29, 0.717) is 12.0 Å². The van der Waals surface area contributed by atoms with E-state index in [1.165, 1.54) is 29.8 Å².